The van der Waals surface area contributed by atoms with Gasteiger partial charge in [-0.1, -0.05) is 83.0 Å². The molecule has 1 nitrogen and oxygen atoms in total. The second-order valence-corrected chi connectivity index (χ2v) is 7.40. The van der Waals surface area contributed by atoms with Gasteiger partial charge in [-0.2, -0.15) is 0 Å². The predicted molar refractivity (Wildman–Crippen MR) is 80.8 cm³/mol. The molecule has 1 unspecified atom stereocenters. The summed E-state index contributed by atoms with van der Waals surface area (Å²) in [4.78, 5) is 0.937. The van der Waals surface area contributed by atoms with Crippen LogP contribution in [0.2, 0.25) is 0 Å². The van der Waals surface area contributed by atoms with Crippen LogP contribution >= 0.6 is 46.6 Å². The Morgan fingerprint density at radius 2 is 1.78 bits per heavy atom. The number of alkyl halides is 3. The van der Waals surface area contributed by atoms with Crippen molar-refractivity contribution in [2.45, 2.75) is 21.0 Å². The smallest absolute Gasteiger partial charge is 0.225 e. The fourth-order valence-corrected chi connectivity index (χ4v) is 3.01. The molecule has 18 heavy (non-hydrogen) atoms. The second kappa shape index (κ2) is 5.48. The highest BCUT2D eigenvalue weighted by atomic mass is 35.6. The van der Waals surface area contributed by atoms with Gasteiger partial charge in [-0.25, -0.2) is 0 Å². The Bertz CT molecular complexity index is 566. The summed E-state index contributed by atoms with van der Waals surface area (Å²) in [6, 6.07) is 12.0. The van der Waals surface area contributed by atoms with E-state index in [0.29, 0.717) is 0 Å². The standard InChI is InChI=1S/C13H11Cl3OS/c1-8-6-7-9-4-2-3-5-10(9)11(8)18-12(17)13(14,15)16/h2-7,12,17H,1H3. The largest absolute Gasteiger partial charge is 0.378 e. The predicted octanol–water partition coefficient (Wildman–Crippen LogP) is 4.93. The molecule has 2 rings (SSSR count). The van der Waals surface area contributed by atoms with Crippen LogP contribution in [0.1, 0.15) is 5.56 Å². The summed E-state index contributed by atoms with van der Waals surface area (Å²) in [5, 5.41) is 12.0. The Labute approximate surface area is 125 Å². The van der Waals surface area contributed by atoms with Gasteiger partial charge in [-0.3, -0.25) is 0 Å². The number of hydrogen-bond acceptors (Lipinski definition) is 2. The highest BCUT2D eigenvalue weighted by Crippen LogP contribution is 2.42. The molecular weight excluding hydrogens is 311 g/mol. The van der Waals surface area contributed by atoms with E-state index in [-0.39, 0.29) is 0 Å². The van der Waals surface area contributed by atoms with Crippen LogP contribution in [0.4, 0.5) is 0 Å². The van der Waals surface area contributed by atoms with E-state index in [9.17, 15) is 5.11 Å². The van der Waals surface area contributed by atoms with Gasteiger partial charge in [0.25, 0.3) is 0 Å². The molecule has 1 N–H and O–H groups in total. The van der Waals surface area contributed by atoms with Gasteiger partial charge in [0, 0.05) is 4.90 Å². The Hall–Kier alpha value is -0.120. The average molecular weight is 322 g/mol. The molecule has 0 radical (unpaired) electrons. The van der Waals surface area contributed by atoms with Gasteiger partial charge in [0.05, 0.1) is 0 Å². The van der Waals surface area contributed by atoms with Crippen molar-refractivity contribution in [2.24, 2.45) is 0 Å². The first-order valence-corrected chi connectivity index (χ1v) is 7.31. The molecule has 0 fully saturated rings. The van der Waals surface area contributed by atoms with E-state index in [1.165, 1.54) is 11.8 Å². The minimum Gasteiger partial charge on any atom is -0.378 e. The first kappa shape index (κ1) is 14.3. The maximum atomic E-state index is 9.89. The zero-order chi connectivity index (χ0) is 13.3. The number of aryl methyl sites for hydroxylation is 1. The summed E-state index contributed by atoms with van der Waals surface area (Å²) in [6.45, 7) is 1.97. The first-order chi connectivity index (χ1) is 8.39. The van der Waals surface area contributed by atoms with Crippen LogP contribution in [0.5, 0.6) is 0 Å². The summed E-state index contributed by atoms with van der Waals surface area (Å²) in [5.74, 6) is 0. The SMILES string of the molecule is Cc1ccc2ccccc2c1SC(O)C(Cl)(Cl)Cl. The highest BCUT2D eigenvalue weighted by Gasteiger charge is 2.32. The molecule has 5 heteroatoms. The van der Waals surface area contributed by atoms with Crippen LogP contribution in [0.25, 0.3) is 10.8 Å². The number of aliphatic hydroxyl groups is 1. The monoisotopic (exact) mass is 320 g/mol. The van der Waals surface area contributed by atoms with Gasteiger partial charge in [0.2, 0.25) is 3.79 Å². The van der Waals surface area contributed by atoms with Gasteiger partial charge in [-0.05, 0) is 23.3 Å². The molecule has 0 saturated carbocycles. The lowest BCUT2D eigenvalue weighted by Gasteiger charge is -2.20. The van der Waals surface area contributed by atoms with Crippen molar-refractivity contribution in [3.8, 4) is 0 Å². The molecule has 0 bridgehead atoms. The fraction of sp³-hybridized carbons (Fsp3) is 0.231. The Kier molecular flexibility index (Phi) is 4.35. The van der Waals surface area contributed by atoms with E-state index >= 15 is 0 Å². The lowest BCUT2D eigenvalue weighted by Crippen LogP contribution is -2.21. The highest BCUT2D eigenvalue weighted by molar-refractivity contribution is 8.00. The van der Waals surface area contributed by atoms with E-state index in [1.807, 2.05) is 43.3 Å². The second-order valence-electron chi connectivity index (χ2n) is 3.94. The van der Waals surface area contributed by atoms with Gasteiger partial charge in [-0.15, -0.1) is 0 Å². The van der Waals surface area contributed by atoms with E-state index in [2.05, 4.69) is 0 Å². The van der Waals surface area contributed by atoms with Crippen molar-refractivity contribution in [1.29, 1.82) is 0 Å². The van der Waals surface area contributed by atoms with E-state index in [1.54, 1.807) is 0 Å². The molecule has 0 aliphatic carbocycles. The van der Waals surface area contributed by atoms with Crippen LogP contribution in [0.15, 0.2) is 41.3 Å². The Morgan fingerprint density at radius 3 is 2.44 bits per heavy atom. The molecule has 0 amide bonds. The summed E-state index contributed by atoms with van der Waals surface area (Å²) < 4.78 is -1.70. The molecule has 0 aliphatic heterocycles. The zero-order valence-electron chi connectivity index (χ0n) is 9.53. The van der Waals surface area contributed by atoms with Crippen molar-refractivity contribution in [2.75, 3.05) is 0 Å². The molecule has 0 spiro atoms. The summed E-state index contributed by atoms with van der Waals surface area (Å²) in [5.41, 5.74) is -0.0565. The zero-order valence-corrected chi connectivity index (χ0v) is 12.6. The molecule has 0 aromatic heterocycles. The third-order valence-corrected chi connectivity index (χ3v) is 4.95. The number of fused-ring (bicyclic) bond motifs is 1. The lowest BCUT2D eigenvalue weighted by molar-refractivity contribution is 0.268. The molecule has 2 aromatic rings. The van der Waals surface area contributed by atoms with Gasteiger partial charge < -0.3 is 5.11 Å². The molecular formula is C13H11Cl3OS. The van der Waals surface area contributed by atoms with Crippen molar-refractivity contribution >= 4 is 57.3 Å². The molecule has 0 heterocycles. The van der Waals surface area contributed by atoms with Gasteiger partial charge in [0.1, 0.15) is 0 Å². The molecule has 0 aliphatic rings. The van der Waals surface area contributed by atoms with Crippen molar-refractivity contribution in [3.05, 3.63) is 42.0 Å². The number of aliphatic hydroxyl groups excluding tert-OH is 1. The van der Waals surface area contributed by atoms with Crippen LogP contribution in [0.3, 0.4) is 0 Å². The fourth-order valence-electron chi connectivity index (χ4n) is 1.69. The molecule has 96 valence electrons. The normalized spacial score (nSPS) is 13.8. The van der Waals surface area contributed by atoms with Crippen molar-refractivity contribution in [1.82, 2.24) is 0 Å². The summed E-state index contributed by atoms with van der Waals surface area (Å²) in [6.07, 6.45) is 0. The van der Waals surface area contributed by atoms with E-state index in [4.69, 9.17) is 34.8 Å². The van der Waals surface area contributed by atoms with Crippen LogP contribution in [-0.4, -0.2) is 14.3 Å². The summed E-state index contributed by atoms with van der Waals surface area (Å²) >= 11 is 18.3. The van der Waals surface area contributed by atoms with Gasteiger partial charge in [0.15, 0.2) is 5.44 Å². The van der Waals surface area contributed by atoms with Crippen LogP contribution in [0, 0.1) is 6.92 Å². The Balaban J connectivity index is 2.47. The van der Waals surface area contributed by atoms with Crippen molar-refractivity contribution < 1.29 is 5.11 Å². The van der Waals surface area contributed by atoms with E-state index < -0.39 is 9.23 Å². The number of halogens is 3. The number of hydrogen-bond donors (Lipinski definition) is 1. The number of thioether (sulfide) groups is 1. The number of rotatable bonds is 2. The van der Waals surface area contributed by atoms with Crippen LogP contribution < -0.4 is 0 Å². The van der Waals surface area contributed by atoms with E-state index in [0.717, 1.165) is 21.2 Å². The molecule has 1 atom stereocenters. The van der Waals surface area contributed by atoms with Crippen LogP contribution in [-0.2, 0) is 0 Å². The van der Waals surface area contributed by atoms with Crippen molar-refractivity contribution in [3.63, 3.8) is 0 Å². The number of benzene rings is 2. The lowest BCUT2D eigenvalue weighted by atomic mass is 10.1. The summed E-state index contributed by atoms with van der Waals surface area (Å²) in [7, 11) is 0. The molecule has 2 aromatic carbocycles. The first-order valence-electron chi connectivity index (χ1n) is 5.29. The maximum absolute atomic E-state index is 9.89. The average Bonchev–Trinajstić information content (AvgIpc) is 2.31. The third kappa shape index (κ3) is 3.06. The topological polar surface area (TPSA) is 20.2 Å². The Morgan fingerprint density at radius 1 is 1.11 bits per heavy atom. The third-order valence-electron chi connectivity index (χ3n) is 2.59. The maximum Gasteiger partial charge on any atom is 0.225 e. The quantitative estimate of drug-likeness (QED) is 0.481. The van der Waals surface area contributed by atoms with Gasteiger partial charge >= 0.3 is 0 Å². The minimum atomic E-state index is -1.70. The minimum absolute atomic E-state index is 0.937. The molecule has 0 saturated heterocycles.